The largest absolute Gasteiger partial charge is 0.468 e. The first-order chi connectivity index (χ1) is 12.3. The highest BCUT2D eigenvalue weighted by Crippen LogP contribution is 2.24. The summed E-state index contributed by atoms with van der Waals surface area (Å²) in [7, 11) is 1.81. The van der Waals surface area contributed by atoms with E-state index in [1.54, 1.807) is 17.6 Å². The van der Waals surface area contributed by atoms with Gasteiger partial charge in [0.1, 0.15) is 5.76 Å². The van der Waals surface area contributed by atoms with Gasteiger partial charge in [-0.3, -0.25) is 9.89 Å². The number of furan rings is 1. The van der Waals surface area contributed by atoms with E-state index in [0.717, 1.165) is 41.7 Å². The van der Waals surface area contributed by atoms with Crippen molar-refractivity contribution in [2.75, 3.05) is 26.7 Å². The van der Waals surface area contributed by atoms with Gasteiger partial charge in [-0.15, -0.1) is 11.3 Å². The molecule has 0 saturated carbocycles. The van der Waals surface area contributed by atoms with Crippen LogP contribution >= 0.6 is 27.3 Å². The molecule has 7 heteroatoms. The standard InChI is InChI=1S/C18H25BrN4OS/c1-20-18(21-12-14-7-8-17(19)25-14)22-13-15(16-6-5-11-24-16)23-9-3-2-4-10-23/h5-8,11,15H,2-4,9-10,12-13H2,1H3,(H2,20,21,22). The molecule has 0 amide bonds. The third-order valence-electron chi connectivity index (χ3n) is 4.45. The van der Waals surface area contributed by atoms with Crippen molar-refractivity contribution in [3.63, 3.8) is 0 Å². The van der Waals surface area contributed by atoms with Gasteiger partial charge in [-0.2, -0.15) is 0 Å². The second kappa shape index (κ2) is 9.40. The minimum Gasteiger partial charge on any atom is -0.468 e. The Kier molecular flexibility index (Phi) is 6.95. The van der Waals surface area contributed by atoms with E-state index in [2.05, 4.69) is 54.7 Å². The Labute approximate surface area is 161 Å². The zero-order chi connectivity index (χ0) is 17.5. The lowest BCUT2D eigenvalue weighted by Crippen LogP contribution is -2.44. The highest BCUT2D eigenvalue weighted by Gasteiger charge is 2.24. The van der Waals surface area contributed by atoms with Gasteiger partial charge >= 0.3 is 0 Å². The van der Waals surface area contributed by atoms with E-state index < -0.39 is 0 Å². The molecule has 25 heavy (non-hydrogen) atoms. The van der Waals surface area contributed by atoms with Gasteiger partial charge in [-0.05, 0) is 66.1 Å². The fraction of sp³-hybridized carbons (Fsp3) is 0.500. The van der Waals surface area contributed by atoms with Crippen molar-refractivity contribution >= 4 is 33.2 Å². The van der Waals surface area contributed by atoms with E-state index in [4.69, 9.17) is 4.42 Å². The van der Waals surface area contributed by atoms with Crippen molar-refractivity contribution in [3.05, 3.63) is 45.0 Å². The first kappa shape index (κ1) is 18.5. The molecule has 1 aliphatic rings. The molecule has 1 fully saturated rings. The number of aliphatic imine (C=N–C) groups is 1. The number of nitrogens with one attached hydrogen (secondary N) is 2. The number of piperidine rings is 1. The van der Waals surface area contributed by atoms with Crippen molar-refractivity contribution in [3.8, 4) is 0 Å². The first-order valence-electron chi connectivity index (χ1n) is 8.72. The summed E-state index contributed by atoms with van der Waals surface area (Å²) in [5.74, 6) is 1.84. The van der Waals surface area contributed by atoms with Gasteiger partial charge in [0.2, 0.25) is 0 Å². The van der Waals surface area contributed by atoms with E-state index in [9.17, 15) is 0 Å². The summed E-state index contributed by atoms with van der Waals surface area (Å²) in [6.07, 6.45) is 5.61. The highest BCUT2D eigenvalue weighted by atomic mass is 79.9. The van der Waals surface area contributed by atoms with E-state index in [-0.39, 0.29) is 6.04 Å². The summed E-state index contributed by atoms with van der Waals surface area (Å²) in [6, 6.07) is 8.47. The Hall–Kier alpha value is -1.31. The number of guanidine groups is 1. The van der Waals surface area contributed by atoms with Gasteiger partial charge in [-0.1, -0.05) is 6.42 Å². The highest BCUT2D eigenvalue weighted by molar-refractivity contribution is 9.11. The molecule has 2 N–H and O–H groups in total. The quantitative estimate of drug-likeness (QED) is 0.543. The number of hydrogen-bond acceptors (Lipinski definition) is 4. The summed E-state index contributed by atoms with van der Waals surface area (Å²) in [6.45, 7) is 3.80. The van der Waals surface area contributed by atoms with Crippen molar-refractivity contribution in [1.82, 2.24) is 15.5 Å². The molecular formula is C18H25BrN4OS. The minimum atomic E-state index is 0.240. The molecule has 1 atom stereocenters. The Balaban J connectivity index is 1.57. The summed E-state index contributed by atoms with van der Waals surface area (Å²) in [5.41, 5.74) is 0. The van der Waals surface area contributed by atoms with Crippen LogP contribution in [0.25, 0.3) is 0 Å². The molecule has 1 saturated heterocycles. The van der Waals surface area contributed by atoms with Crippen LogP contribution in [0, 0.1) is 0 Å². The van der Waals surface area contributed by atoms with Crippen LogP contribution in [-0.2, 0) is 6.54 Å². The predicted molar refractivity (Wildman–Crippen MR) is 107 cm³/mol. The van der Waals surface area contributed by atoms with E-state index in [1.165, 1.54) is 24.1 Å². The molecule has 1 aliphatic heterocycles. The molecule has 136 valence electrons. The van der Waals surface area contributed by atoms with Crippen LogP contribution in [0.1, 0.15) is 35.9 Å². The number of hydrogen-bond donors (Lipinski definition) is 2. The van der Waals surface area contributed by atoms with Crippen LogP contribution in [0.4, 0.5) is 0 Å². The fourth-order valence-corrected chi connectivity index (χ4v) is 4.57. The van der Waals surface area contributed by atoms with Gasteiger partial charge in [-0.25, -0.2) is 0 Å². The number of nitrogens with zero attached hydrogens (tertiary/aromatic N) is 2. The molecule has 0 radical (unpaired) electrons. The van der Waals surface area contributed by atoms with Crippen LogP contribution in [0.15, 0.2) is 43.7 Å². The molecule has 5 nitrogen and oxygen atoms in total. The molecule has 0 aromatic carbocycles. The van der Waals surface area contributed by atoms with Crippen LogP contribution in [0.5, 0.6) is 0 Å². The Morgan fingerprint density at radius 3 is 2.76 bits per heavy atom. The molecule has 3 rings (SSSR count). The second-order valence-electron chi connectivity index (χ2n) is 6.14. The van der Waals surface area contributed by atoms with Gasteiger partial charge in [0, 0.05) is 18.5 Å². The molecule has 2 aromatic heterocycles. The third-order valence-corrected chi connectivity index (χ3v) is 6.07. The molecule has 0 spiro atoms. The summed E-state index contributed by atoms with van der Waals surface area (Å²) < 4.78 is 6.85. The lowest BCUT2D eigenvalue weighted by atomic mass is 10.1. The average molecular weight is 425 g/mol. The normalized spacial score (nSPS) is 17.4. The Morgan fingerprint density at radius 2 is 2.12 bits per heavy atom. The molecule has 2 aromatic rings. The van der Waals surface area contributed by atoms with Crippen LogP contribution in [0.2, 0.25) is 0 Å². The summed E-state index contributed by atoms with van der Waals surface area (Å²) >= 11 is 5.23. The maximum absolute atomic E-state index is 5.70. The van der Waals surface area contributed by atoms with Crippen LogP contribution in [-0.4, -0.2) is 37.5 Å². The number of likely N-dealkylation sites (tertiary alicyclic amines) is 1. The van der Waals surface area contributed by atoms with Crippen LogP contribution in [0.3, 0.4) is 0 Å². The third kappa shape index (κ3) is 5.33. The number of halogens is 1. The average Bonchev–Trinajstić information content (AvgIpc) is 3.31. The van der Waals surface area contributed by atoms with Gasteiger partial charge in [0.25, 0.3) is 0 Å². The summed E-state index contributed by atoms with van der Waals surface area (Å²) in [4.78, 5) is 8.13. The zero-order valence-corrected chi connectivity index (χ0v) is 16.9. The van der Waals surface area contributed by atoms with Crippen molar-refractivity contribution < 1.29 is 4.42 Å². The van der Waals surface area contributed by atoms with Crippen molar-refractivity contribution in [2.24, 2.45) is 4.99 Å². The smallest absolute Gasteiger partial charge is 0.191 e. The first-order valence-corrected chi connectivity index (χ1v) is 10.3. The Bertz CT molecular complexity index is 664. The van der Waals surface area contributed by atoms with E-state index in [0.29, 0.717) is 0 Å². The zero-order valence-electron chi connectivity index (χ0n) is 14.5. The van der Waals surface area contributed by atoms with Gasteiger partial charge < -0.3 is 15.1 Å². The minimum absolute atomic E-state index is 0.240. The lowest BCUT2D eigenvalue weighted by molar-refractivity contribution is 0.146. The lowest BCUT2D eigenvalue weighted by Gasteiger charge is -2.33. The van der Waals surface area contributed by atoms with E-state index in [1.807, 2.05) is 13.1 Å². The SMILES string of the molecule is CN=C(NCc1ccc(Br)s1)NCC(c1ccco1)N1CCCCC1. The molecule has 1 unspecified atom stereocenters. The Morgan fingerprint density at radius 1 is 1.28 bits per heavy atom. The van der Waals surface area contributed by atoms with Gasteiger partial charge in [0.15, 0.2) is 5.96 Å². The maximum Gasteiger partial charge on any atom is 0.191 e. The number of thiophene rings is 1. The molecule has 0 aliphatic carbocycles. The second-order valence-corrected chi connectivity index (χ2v) is 8.69. The van der Waals surface area contributed by atoms with Gasteiger partial charge in [0.05, 0.1) is 22.6 Å². The van der Waals surface area contributed by atoms with E-state index >= 15 is 0 Å². The molecule has 0 bridgehead atoms. The molecule has 3 heterocycles. The fourth-order valence-electron chi connectivity index (χ4n) is 3.15. The summed E-state index contributed by atoms with van der Waals surface area (Å²) in [5, 5.41) is 6.84. The number of rotatable bonds is 6. The molecular weight excluding hydrogens is 400 g/mol. The van der Waals surface area contributed by atoms with Crippen molar-refractivity contribution in [2.45, 2.75) is 31.8 Å². The van der Waals surface area contributed by atoms with Crippen LogP contribution < -0.4 is 10.6 Å². The maximum atomic E-state index is 5.70. The topological polar surface area (TPSA) is 52.8 Å². The predicted octanol–water partition coefficient (Wildman–Crippen LogP) is 4.00. The van der Waals surface area contributed by atoms with Crippen molar-refractivity contribution in [1.29, 1.82) is 0 Å². The monoisotopic (exact) mass is 424 g/mol.